The summed E-state index contributed by atoms with van der Waals surface area (Å²) in [7, 11) is 2.20. The molecule has 3 aliphatic carbocycles. The molecule has 1 spiro atoms. The van der Waals surface area contributed by atoms with Crippen LogP contribution >= 0.6 is 0 Å². The first kappa shape index (κ1) is 12.6. The Hall–Kier alpha value is -0.940. The van der Waals surface area contributed by atoms with Crippen LogP contribution in [0.3, 0.4) is 0 Å². The van der Waals surface area contributed by atoms with Crippen LogP contribution in [0.25, 0.3) is 0 Å². The fourth-order valence-corrected chi connectivity index (χ4v) is 5.57. The zero-order valence-corrected chi connectivity index (χ0v) is 12.1. The number of ether oxygens (including phenoxy) is 1. The zero-order chi connectivity index (χ0) is 14.4. The Kier molecular flexibility index (Phi) is 2.32. The van der Waals surface area contributed by atoms with E-state index in [0.717, 1.165) is 19.4 Å². The van der Waals surface area contributed by atoms with E-state index in [1.165, 1.54) is 11.1 Å². The number of hydrogen-bond donors (Lipinski definition) is 2. The van der Waals surface area contributed by atoms with Gasteiger partial charge in [0.05, 0.1) is 12.2 Å². The Morgan fingerprint density at radius 1 is 1.24 bits per heavy atom. The lowest BCUT2D eigenvalue weighted by Crippen LogP contribution is -2.61. The topological polar surface area (TPSA) is 52.9 Å². The highest BCUT2D eigenvalue weighted by molar-refractivity contribution is 5.49. The predicted octanol–water partition coefficient (Wildman–Crippen LogP) is 0.622. The van der Waals surface area contributed by atoms with Gasteiger partial charge in [-0.05, 0) is 37.6 Å². The Morgan fingerprint density at radius 3 is 2.95 bits per heavy atom. The van der Waals surface area contributed by atoms with Crippen molar-refractivity contribution in [2.24, 2.45) is 11.3 Å². The van der Waals surface area contributed by atoms with Crippen LogP contribution in [0.1, 0.15) is 12.8 Å². The minimum Gasteiger partial charge on any atom is -0.386 e. The second-order valence-corrected chi connectivity index (χ2v) is 7.21. The molecule has 2 saturated heterocycles. The van der Waals surface area contributed by atoms with Crippen molar-refractivity contribution in [3.05, 3.63) is 35.5 Å². The average molecular weight is 287 g/mol. The van der Waals surface area contributed by atoms with Gasteiger partial charge in [0.15, 0.2) is 0 Å². The molecule has 4 nitrogen and oxygen atoms in total. The van der Waals surface area contributed by atoms with E-state index in [0.29, 0.717) is 12.0 Å². The maximum absolute atomic E-state index is 10.5. The molecule has 2 heterocycles. The van der Waals surface area contributed by atoms with Crippen LogP contribution in [0.5, 0.6) is 0 Å². The summed E-state index contributed by atoms with van der Waals surface area (Å²) in [5.41, 5.74) is 2.53. The predicted molar refractivity (Wildman–Crippen MR) is 77.6 cm³/mol. The standard InChI is InChI=1S/C17H21NO3/c1-18-7-6-17-10-3-5-13(20)16(17)21-15-12(19)4-2-9(14(15)17)8-11(10)18/h2-5,10-13,15-16,19-20H,6-8H2,1H3/t10?,11?,12-,13-,15?,16?,17-/m0/s1. The minimum atomic E-state index is -0.576. The van der Waals surface area contributed by atoms with Gasteiger partial charge >= 0.3 is 0 Å². The molecule has 0 amide bonds. The molecule has 0 radical (unpaired) electrons. The molecular weight excluding hydrogens is 266 g/mol. The molecule has 2 bridgehead atoms. The Labute approximate surface area is 124 Å². The van der Waals surface area contributed by atoms with Crippen LogP contribution in [0, 0.1) is 11.3 Å². The fourth-order valence-electron chi connectivity index (χ4n) is 5.57. The first-order valence-corrected chi connectivity index (χ1v) is 7.95. The Bertz CT molecular complexity index is 595. The molecule has 21 heavy (non-hydrogen) atoms. The Balaban J connectivity index is 1.77. The molecule has 2 N–H and O–H groups in total. The van der Waals surface area contributed by atoms with Crippen molar-refractivity contribution < 1.29 is 14.9 Å². The van der Waals surface area contributed by atoms with E-state index in [-0.39, 0.29) is 17.6 Å². The van der Waals surface area contributed by atoms with Gasteiger partial charge < -0.3 is 19.8 Å². The third kappa shape index (κ3) is 1.31. The van der Waals surface area contributed by atoms with Crippen LogP contribution in [0.2, 0.25) is 0 Å². The molecule has 0 saturated carbocycles. The summed E-state index contributed by atoms with van der Waals surface area (Å²) < 4.78 is 6.21. The number of allylic oxidation sites excluding steroid dienone is 1. The molecule has 0 aromatic carbocycles. The molecule has 4 heteroatoms. The molecule has 5 rings (SSSR count). The number of nitrogens with zero attached hydrogens (tertiary/aromatic N) is 1. The van der Waals surface area contributed by atoms with E-state index >= 15 is 0 Å². The smallest absolute Gasteiger partial charge is 0.110 e. The van der Waals surface area contributed by atoms with Crippen molar-refractivity contribution >= 4 is 0 Å². The maximum Gasteiger partial charge on any atom is 0.110 e. The lowest BCUT2D eigenvalue weighted by atomic mass is 9.52. The third-order valence-electron chi connectivity index (χ3n) is 6.45. The summed E-state index contributed by atoms with van der Waals surface area (Å²) in [6.45, 7) is 1.03. The van der Waals surface area contributed by atoms with Gasteiger partial charge in [-0.15, -0.1) is 0 Å². The number of aliphatic hydroxyl groups excluding tert-OH is 2. The van der Waals surface area contributed by atoms with Gasteiger partial charge in [0.1, 0.15) is 12.2 Å². The summed E-state index contributed by atoms with van der Waals surface area (Å²) in [5, 5.41) is 20.8. The largest absolute Gasteiger partial charge is 0.386 e. The zero-order valence-electron chi connectivity index (χ0n) is 12.1. The number of likely N-dealkylation sites (tertiary alicyclic amines) is 1. The number of aliphatic hydroxyl groups is 2. The summed E-state index contributed by atoms with van der Waals surface area (Å²) in [5.74, 6) is 0.395. The molecule has 4 unspecified atom stereocenters. The number of piperidine rings is 1. The van der Waals surface area contributed by atoms with Crippen molar-refractivity contribution in [3.8, 4) is 0 Å². The van der Waals surface area contributed by atoms with Crippen LogP contribution in [0.4, 0.5) is 0 Å². The van der Waals surface area contributed by atoms with Crippen LogP contribution in [0.15, 0.2) is 35.5 Å². The minimum absolute atomic E-state index is 0.102. The normalized spacial score (nSPS) is 54.0. The second-order valence-electron chi connectivity index (χ2n) is 7.21. The van der Waals surface area contributed by atoms with Crippen molar-refractivity contribution in [2.45, 2.75) is 43.3 Å². The molecule has 5 aliphatic rings. The second kappa shape index (κ2) is 3.87. The van der Waals surface area contributed by atoms with Crippen LogP contribution in [-0.4, -0.2) is 59.2 Å². The summed E-state index contributed by atoms with van der Waals surface area (Å²) in [6.07, 6.45) is 8.50. The van der Waals surface area contributed by atoms with E-state index in [2.05, 4.69) is 24.1 Å². The van der Waals surface area contributed by atoms with Crippen molar-refractivity contribution in [3.63, 3.8) is 0 Å². The highest BCUT2D eigenvalue weighted by Crippen LogP contribution is 2.63. The lowest BCUT2D eigenvalue weighted by molar-refractivity contribution is -0.107. The van der Waals surface area contributed by atoms with Gasteiger partial charge in [0, 0.05) is 17.4 Å². The lowest BCUT2D eigenvalue weighted by Gasteiger charge is -2.57. The number of rotatable bonds is 0. The van der Waals surface area contributed by atoms with Gasteiger partial charge in [-0.3, -0.25) is 0 Å². The van der Waals surface area contributed by atoms with E-state index in [1.54, 1.807) is 0 Å². The molecule has 7 atom stereocenters. The maximum atomic E-state index is 10.5. The van der Waals surface area contributed by atoms with E-state index in [1.807, 2.05) is 12.2 Å². The highest BCUT2D eigenvalue weighted by Gasteiger charge is 2.66. The van der Waals surface area contributed by atoms with E-state index in [4.69, 9.17) is 4.74 Å². The van der Waals surface area contributed by atoms with E-state index < -0.39 is 12.2 Å². The van der Waals surface area contributed by atoms with E-state index in [9.17, 15) is 10.2 Å². The molecule has 0 aromatic rings. The number of hydrogen-bond acceptors (Lipinski definition) is 4. The van der Waals surface area contributed by atoms with Gasteiger partial charge in [-0.1, -0.05) is 24.3 Å². The fraction of sp³-hybridized carbons (Fsp3) is 0.647. The Morgan fingerprint density at radius 2 is 2.10 bits per heavy atom. The van der Waals surface area contributed by atoms with Gasteiger partial charge in [-0.2, -0.15) is 0 Å². The molecular formula is C17H21NO3. The highest BCUT2D eigenvalue weighted by atomic mass is 16.5. The molecule has 2 aliphatic heterocycles. The van der Waals surface area contributed by atoms with Crippen molar-refractivity contribution in [1.82, 2.24) is 4.90 Å². The molecule has 0 aromatic heterocycles. The average Bonchev–Trinajstić information content (AvgIpc) is 2.83. The summed E-state index contributed by atoms with van der Waals surface area (Å²) >= 11 is 0. The molecule has 112 valence electrons. The van der Waals surface area contributed by atoms with Crippen molar-refractivity contribution in [1.29, 1.82) is 0 Å². The van der Waals surface area contributed by atoms with Gasteiger partial charge in [-0.25, -0.2) is 0 Å². The van der Waals surface area contributed by atoms with Crippen LogP contribution in [-0.2, 0) is 4.74 Å². The van der Waals surface area contributed by atoms with Gasteiger partial charge in [0.2, 0.25) is 0 Å². The van der Waals surface area contributed by atoms with Crippen molar-refractivity contribution in [2.75, 3.05) is 13.6 Å². The summed E-state index contributed by atoms with van der Waals surface area (Å²) in [6, 6.07) is 0.478. The first-order chi connectivity index (χ1) is 10.1. The van der Waals surface area contributed by atoms with Gasteiger partial charge in [0.25, 0.3) is 0 Å². The first-order valence-electron chi connectivity index (χ1n) is 7.95. The quantitative estimate of drug-likeness (QED) is 0.642. The monoisotopic (exact) mass is 287 g/mol. The summed E-state index contributed by atoms with van der Waals surface area (Å²) in [4.78, 5) is 2.45. The SMILES string of the molecule is CN1CC[C@]23C4=C5C=C[C@H](O)C4OC2[C@@H](O)C=CC3C1C5. The van der Waals surface area contributed by atoms with Crippen LogP contribution < -0.4 is 0 Å². The third-order valence-corrected chi connectivity index (χ3v) is 6.45. The molecule has 2 fully saturated rings.